The van der Waals surface area contributed by atoms with Gasteiger partial charge in [-0.15, -0.1) is 0 Å². The van der Waals surface area contributed by atoms with Crippen molar-refractivity contribution in [1.82, 2.24) is 0 Å². The first-order chi connectivity index (χ1) is 7.77. The first-order valence-corrected chi connectivity index (χ1v) is 5.27. The first-order valence-electron chi connectivity index (χ1n) is 5.27. The van der Waals surface area contributed by atoms with Crippen LogP contribution in [0.1, 0.15) is 11.7 Å². The van der Waals surface area contributed by atoms with E-state index in [-0.39, 0.29) is 6.10 Å². The van der Waals surface area contributed by atoms with Crippen LogP contribution in [0.2, 0.25) is 0 Å². The van der Waals surface area contributed by atoms with Gasteiger partial charge in [0.15, 0.2) is 0 Å². The minimum Gasteiger partial charge on any atom is -0.493 e. The van der Waals surface area contributed by atoms with E-state index in [1.807, 2.05) is 12.1 Å². The van der Waals surface area contributed by atoms with Crippen LogP contribution in [-0.4, -0.2) is 31.8 Å². The van der Waals surface area contributed by atoms with Gasteiger partial charge >= 0.3 is 7.12 Å². The third-order valence-corrected chi connectivity index (χ3v) is 2.58. The largest absolute Gasteiger partial charge is 0.495 e. The van der Waals surface area contributed by atoms with Gasteiger partial charge in [0, 0.05) is 18.6 Å². The Kier molecular flexibility index (Phi) is 3.45. The van der Waals surface area contributed by atoms with Crippen LogP contribution in [0.25, 0.3) is 0 Å². The minimum absolute atomic E-state index is 0.258. The normalized spacial score (nSPS) is 18.7. The second kappa shape index (κ2) is 4.84. The van der Waals surface area contributed by atoms with Crippen molar-refractivity contribution in [2.75, 3.05) is 19.7 Å². The Balaban J connectivity index is 2.32. The number of ether oxygens (including phenoxy) is 1. The summed E-state index contributed by atoms with van der Waals surface area (Å²) in [5, 5.41) is 9.77. The first kappa shape index (κ1) is 11.4. The standard InChI is InChI=1S/C10H15BN2O3/c12-4-5-15-8-3-1-2-7-9(6-13)16-11(14)10(7)8/h1-3,9,14H,4-6,12-13H2. The minimum atomic E-state index is -0.961. The maximum atomic E-state index is 9.77. The van der Waals surface area contributed by atoms with Crippen LogP contribution in [0.15, 0.2) is 18.2 Å². The Morgan fingerprint density at radius 3 is 2.94 bits per heavy atom. The molecule has 1 aliphatic heterocycles. The van der Waals surface area contributed by atoms with E-state index in [1.165, 1.54) is 0 Å². The van der Waals surface area contributed by atoms with Gasteiger partial charge in [0.2, 0.25) is 0 Å². The van der Waals surface area contributed by atoms with Gasteiger partial charge in [0.1, 0.15) is 12.4 Å². The molecule has 0 aliphatic carbocycles. The Morgan fingerprint density at radius 1 is 1.44 bits per heavy atom. The Morgan fingerprint density at radius 2 is 2.25 bits per heavy atom. The highest BCUT2D eigenvalue weighted by atomic mass is 16.5. The molecular formula is C10H15BN2O3. The van der Waals surface area contributed by atoms with Gasteiger partial charge in [0.25, 0.3) is 0 Å². The van der Waals surface area contributed by atoms with Crippen molar-refractivity contribution < 1.29 is 14.4 Å². The summed E-state index contributed by atoms with van der Waals surface area (Å²) in [5.74, 6) is 0.617. The zero-order valence-corrected chi connectivity index (χ0v) is 8.93. The number of benzene rings is 1. The van der Waals surface area contributed by atoms with E-state index in [4.69, 9.17) is 20.9 Å². The van der Waals surface area contributed by atoms with Gasteiger partial charge in [-0.1, -0.05) is 12.1 Å². The van der Waals surface area contributed by atoms with E-state index in [9.17, 15) is 5.02 Å². The monoisotopic (exact) mass is 222 g/mol. The highest BCUT2D eigenvalue weighted by molar-refractivity contribution is 6.62. The molecule has 2 rings (SSSR count). The smallest absolute Gasteiger partial charge is 0.493 e. The Hall–Kier alpha value is -1.08. The summed E-state index contributed by atoms with van der Waals surface area (Å²) >= 11 is 0. The fourth-order valence-electron chi connectivity index (χ4n) is 1.88. The maximum absolute atomic E-state index is 9.77. The van der Waals surface area contributed by atoms with Gasteiger partial charge in [-0.05, 0) is 11.6 Å². The second-order valence-corrected chi connectivity index (χ2v) is 3.61. The molecule has 0 spiro atoms. The second-order valence-electron chi connectivity index (χ2n) is 3.61. The number of hydrogen-bond donors (Lipinski definition) is 3. The third kappa shape index (κ3) is 1.92. The molecule has 5 N–H and O–H groups in total. The Labute approximate surface area is 94.5 Å². The lowest BCUT2D eigenvalue weighted by atomic mass is 9.78. The van der Waals surface area contributed by atoms with Gasteiger partial charge < -0.3 is 25.9 Å². The van der Waals surface area contributed by atoms with Crippen molar-refractivity contribution in [1.29, 1.82) is 0 Å². The molecule has 5 nitrogen and oxygen atoms in total. The fourth-order valence-corrected chi connectivity index (χ4v) is 1.88. The molecule has 0 saturated heterocycles. The van der Waals surface area contributed by atoms with E-state index in [1.54, 1.807) is 6.07 Å². The van der Waals surface area contributed by atoms with Crippen LogP contribution in [0.4, 0.5) is 0 Å². The summed E-state index contributed by atoms with van der Waals surface area (Å²) in [6.07, 6.45) is -0.258. The summed E-state index contributed by atoms with van der Waals surface area (Å²) in [6.45, 7) is 1.18. The summed E-state index contributed by atoms with van der Waals surface area (Å²) in [5.41, 5.74) is 12.5. The number of rotatable bonds is 4. The maximum Gasteiger partial charge on any atom is 0.495 e. The van der Waals surface area contributed by atoms with Crippen molar-refractivity contribution in [2.45, 2.75) is 6.10 Å². The van der Waals surface area contributed by atoms with Crippen LogP contribution >= 0.6 is 0 Å². The van der Waals surface area contributed by atoms with E-state index in [2.05, 4.69) is 0 Å². The lowest BCUT2D eigenvalue weighted by Gasteiger charge is -2.10. The molecule has 1 aromatic carbocycles. The molecule has 0 aromatic heterocycles. The summed E-state index contributed by atoms with van der Waals surface area (Å²) in [6, 6.07) is 5.53. The summed E-state index contributed by atoms with van der Waals surface area (Å²) in [7, 11) is -0.961. The number of nitrogens with two attached hydrogens (primary N) is 2. The predicted octanol–water partition coefficient (Wildman–Crippen LogP) is -1.26. The van der Waals surface area contributed by atoms with Crippen molar-refractivity contribution in [3.8, 4) is 5.75 Å². The SMILES string of the molecule is NCCOc1cccc2c1B(O)OC2CN. The van der Waals surface area contributed by atoms with E-state index < -0.39 is 7.12 Å². The molecule has 1 atom stereocenters. The molecule has 1 aromatic rings. The molecule has 0 amide bonds. The third-order valence-electron chi connectivity index (χ3n) is 2.58. The highest BCUT2D eigenvalue weighted by Gasteiger charge is 2.37. The molecule has 0 saturated carbocycles. The molecule has 1 unspecified atom stereocenters. The fraction of sp³-hybridized carbons (Fsp3) is 0.400. The van der Waals surface area contributed by atoms with Crippen LogP contribution in [0.3, 0.4) is 0 Å². The average Bonchev–Trinajstić information content (AvgIpc) is 2.64. The van der Waals surface area contributed by atoms with Crippen molar-refractivity contribution in [3.05, 3.63) is 23.8 Å². The molecule has 16 heavy (non-hydrogen) atoms. The molecule has 0 radical (unpaired) electrons. The van der Waals surface area contributed by atoms with Crippen LogP contribution in [-0.2, 0) is 4.65 Å². The van der Waals surface area contributed by atoms with E-state index in [0.717, 1.165) is 5.56 Å². The van der Waals surface area contributed by atoms with Crippen molar-refractivity contribution in [2.24, 2.45) is 11.5 Å². The molecule has 1 aliphatic rings. The predicted molar refractivity (Wildman–Crippen MR) is 61.5 cm³/mol. The zero-order valence-electron chi connectivity index (χ0n) is 8.93. The van der Waals surface area contributed by atoms with Gasteiger partial charge in [0.05, 0.1) is 6.10 Å². The molecule has 0 fully saturated rings. The average molecular weight is 222 g/mol. The van der Waals surface area contributed by atoms with Crippen LogP contribution in [0, 0.1) is 0 Å². The Bertz CT molecular complexity index is 375. The van der Waals surface area contributed by atoms with Gasteiger partial charge in [-0.25, -0.2) is 0 Å². The van der Waals surface area contributed by atoms with E-state index >= 15 is 0 Å². The van der Waals surface area contributed by atoms with Gasteiger partial charge in [-0.3, -0.25) is 0 Å². The lowest BCUT2D eigenvalue weighted by Crippen LogP contribution is -2.30. The molecule has 86 valence electrons. The summed E-state index contributed by atoms with van der Waals surface area (Å²) in [4.78, 5) is 0. The number of hydrogen-bond acceptors (Lipinski definition) is 5. The topological polar surface area (TPSA) is 90.7 Å². The quantitative estimate of drug-likeness (QED) is 0.553. The highest BCUT2D eigenvalue weighted by Crippen LogP contribution is 2.26. The molecular weight excluding hydrogens is 207 g/mol. The zero-order chi connectivity index (χ0) is 11.5. The molecule has 1 heterocycles. The van der Waals surface area contributed by atoms with Crippen molar-refractivity contribution >= 4 is 12.6 Å². The molecule has 0 bridgehead atoms. The van der Waals surface area contributed by atoms with Gasteiger partial charge in [-0.2, -0.15) is 0 Å². The molecule has 6 heteroatoms. The summed E-state index contributed by atoms with van der Waals surface area (Å²) < 4.78 is 10.8. The van der Waals surface area contributed by atoms with E-state index in [0.29, 0.717) is 30.9 Å². The lowest BCUT2D eigenvalue weighted by molar-refractivity contribution is 0.198. The van der Waals surface area contributed by atoms with Crippen LogP contribution < -0.4 is 21.7 Å². The van der Waals surface area contributed by atoms with Crippen LogP contribution in [0.5, 0.6) is 5.75 Å². The van der Waals surface area contributed by atoms with Crippen molar-refractivity contribution in [3.63, 3.8) is 0 Å². The number of fused-ring (bicyclic) bond motifs is 1.